The van der Waals surface area contributed by atoms with Gasteiger partial charge in [-0.1, -0.05) is 5.16 Å². The van der Waals surface area contributed by atoms with Crippen molar-refractivity contribution in [1.29, 1.82) is 0 Å². The minimum atomic E-state index is 0.282. The van der Waals surface area contributed by atoms with Crippen molar-refractivity contribution >= 4 is 5.82 Å². The van der Waals surface area contributed by atoms with Gasteiger partial charge in [-0.3, -0.25) is 4.90 Å². The van der Waals surface area contributed by atoms with Crippen molar-refractivity contribution in [2.45, 2.75) is 31.7 Å². The van der Waals surface area contributed by atoms with Gasteiger partial charge < -0.3 is 14.6 Å². The summed E-state index contributed by atoms with van der Waals surface area (Å²) in [6.45, 7) is 3.69. The van der Waals surface area contributed by atoms with Gasteiger partial charge in [0, 0.05) is 32.0 Å². The number of pyridine rings is 1. The lowest BCUT2D eigenvalue weighted by Gasteiger charge is -2.20. The average Bonchev–Trinajstić information content (AvgIpc) is 3.12. The van der Waals surface area contributed by atoms with Crippen LogP contribution in [-0.4, -0.2) is 53.4 Å². The van der Waals surface area contributed by atoms with Gasteiger partial charge in [0.05, 0.1) is 12.6 Å². The number of ether oxygens (including phenoxy) is 1. The monoisotopic (exact) mass is 343 g/mol. The first kappa shape index (κ1) is 16.5. The Balaban J connectivity index is 1.41. The molecule has 134 valence electrons. The van der Waals surface area contributed by atoms with Crippen LogP contribution >= 0.6 is 0 Å². The SMILES string of the molecule is COCCNc1ccc(-c2noc(C3CCCN3CC3CC3)n2)cn1. The summed E-state index contributed by atoms with van der Waals surface area (Å²) >= 11 is 0. The highest BCUT2D eigenvalue weighted by molar-refractivity contribution is 5.55. The van der Waals surface area contributed by atoms with E-state index >= 15 is 0 Å². The molecule has 2 aliphatic rings. The molecule has 0 radical (unpaired) electrons. The highest BCUT2D eigenvalue weighted by Crippen LogP contribution is 2.37. The Labute approximate surface area is 147 Å². The van der Waals surface area contributed by atoms with Crippen LogP contribution in [-0.2, 0) is 4.74 Å². The molecule has 1 saturated heterocycles. The van der Waals surface area contributed by atoms with Gasteiger partial charge in [-0.2, -0.15) is 4.98 Å². The van der Waals surface area contributed by atoms with Crippen molar-refractivity contribution in [2.24, 2.45) is 5.92 Å². The van der Waals surface area contributed by atoms with Gasteiger partial charge in [0.25, 0.3) is 0 Å². The highest BCUT2D eigenvalue weighted by atomic mass is 16.5. The van der Waals surface area contributed by atoms with Gasteiger partial charge in [-0.15, -0.1) is 0 Å². The zero-order valence-corrected chi connectivity index (χ0v) is 14.6. The predicted octanol–water partition coefficient (Wildman–Crippen LogP) is 2.74. The summed E-state index contributed by atoms with van der Waals surface area (Å²) in [5.74, 6) is 3.06. The van der Waals surface area contributed by atoms with E-state index in [0.717, 1.165) is 42.7 Å². The van der Waals surface area contributed by atoms with Crippen LogP contribution in [0.5, 0.6) is 0 Å². The van der Waals surface area contributed by atoms with Gasteiger partial charge in [0.2, 0.25) is 11.7 Å². The largest absolute Gasteiger partial charge is 0.383 e. The number of nitrogens with one attached hydrogen (secondary N) is 1. The quantitative estimate of drug-likeness (QED) is 0.739. The van der Waals surface area contributed by atoms with Gasteiger partial charge >= 0.3 is 0 Å². The summed E-state index contributed by atoms with van der Waals surface area (Å²) in [6.07, 6.45) is 6.83. The first-order chi connectivity index (χ1) is 12.3. The maximum absolute atomic E-state index is 5.58. The molecule has 1 saturated carbocycles. The number of hydrogen-bond donors (Lipinski definition) is 1. The lowest BCUT2D eigenvalue weighted by molar-refractivity contribution is 0.201. The molecule has 1 aliphatic heterocycles. The van der Waals surface area contributed by atoms with Crippen molar-refractivity contribution < 1.29 is 9.26 Å². The smallest absolute Gasteiger partial charge is 0.244 e. The van der Waals surface area contributed by atoms with Crippen molar-refractivity contribution in [3.8, 4) is 11.4 Å². The molecule has 4 rings (SSSR count). The van der Waals surface area contributed by atoms with E-state index in [9.17, 15) is 0 Å². The molecule has 0 bridgehead atoms. The Morgan fingerprint density at radius 1 is 1.32 bits per heavy atom. The second kappa shape index (κ2) is 7.49. The lowest BCUT2D eigenvalue weighted by Crippen LogP contribution is -2.25. The van der Waals surface area contributed by atoms with Crippen LogP contribution in [0.25, 0.3) is 11.4 Å². The Kier molecular flexibility index (Phi) is 4.94. The second-order valence-corrected chi connectivity index (χ2v) is 6.90. The molecule has 7 heteroatoms. The first-order valence-electron chi connectivity index (χ1n) is 9.10. The van der Waals surface area contributed by atoms with Crippen molar-refractivity contribution in [3.05, 3.63) is 24.2 Å². The van der Waals surface area contributed by atoms with Crippen LogP contribution in [0.15, 0.2) is 22.9 Å². The second-order valence-electron chi connectivity index (χ2n) is 6.90. The van der Waals surface area contributed by atoms with Crippen LogP contribution in [0.4, 0.5) is 5.82 Å². The number of nitrogens with zero attached hydrogens (tertiary/aromatic N) is 4. The number of likely N-dealkylation sites (tertiary alicyclic amines) is 1. The third kappa shape index (κ3) is 3.99. The minimum absolute atomic E-state index is 0.282. The van der Waals surface area contributed by atoms with Crippen molar-refractivity contribution in [2.75, 3.05) is 38.7 Å². The van der Waals surface area contributed by atoms with Gasteiger partial charge in [-0.25, -0.2) is 4.98 Å². The van der Waals surface area contributed by atoms with Crippen LogP contribution in [0.3, 0.4) is 0 Å². The summed E-state index contributed by atoms with van der Waals surface area (Å²) in [4.78, 5) is 11.6. The third-order valence-corrected chi connectivity index (χ3v) is 4.91. The van der Waals surface area contributed by atoms with Gasteiger partial charge in [0.1, 0.15) is 5.82 Å². The van der Waals surface area contributed by atoms with Crippen molar-refractivity contribution in [1.82, 2.24) is 20.0 Å². The van der Waals surface area contributed by atoms with Gasteiger partial charge in [0.15, 0.2) is 0 Å². The molecule has 2 aromatic rings. The summed E-state index contributed by atoms with van der Waals surface area (Å²) in [7, 11) is 1.68. The van der Waals surface area contributed by atoms with E-state index in [1.54, 1.807) is 13.3 Å². The normalized spacial score (nSPS) is 20.9. The number of anilines is 1. The van der Waals surface area contributed by atoms with E-state index in [2.05, 4.69) is 25.3 Å². The predicted molar refractivity (Wildman–Crippen MR) is 94.2 cm³/mol. The molecule has 1 aliphatic carbocycles. The Morgan fingerprint density at radius 3 is 3.00 bits per heavy atom. The molecule has 0 amide bonds. The summed E-state index contributed by atoms with van der Waals surface area (Å²) in [6, 6.07) is 4.17. The molecule has 0 aromatic carbocycles. The molecule has 1 atom stereocenters. The Bertz CT molecular complexity index is 683. The summed E-state index contributed by atoms with van der Waals surface area (Å²) < 4.78 is 10.6. The number of hydrogen-bond acceptors (Lipinski definition) is 7. The number of methoxy groups -OCH3 is 1. The molecular weight excluding hydrogens is 318 g/mol. The molecular formula is C18H25N5O2. The van der Waals surface area contributed by atoms with Crippen LogP contribution in [0, 0.1) is 5.92 Å². The molecule has 7 nitrogen and oxygen atoms in total. The maximum atomic E-state index is 5.58. The van der Waals surface area contributed by atoms with Crippen molar-refractivity contribution in [3.63, 3.8) is 0 Å². The molecule has 1 N–H and O–H groups in total. The van der Waals surface area contributed by atoms with Crippen LogP contribution in [0.1, 0.15) is 37.6 Å². The molecule has 0 spiro atoms. The molecule has 3 heterocycles. The molecule has 2 fully saturated rings. The Morgan fingerprint density at radius 2 is 2.24 bits per heavy atom. The number of aromatic nitrogens is 3. The molecule has 1 unspecified atom stereocenters. The highest BCUT2D eigenvalue weighted by Gasteiger charge is 2.34. The summed E-state index contributed by atoms with van der Waals surface area (Å²) in [5.41, 5.74) is 0.874. The van der Waals surface area contributed by atoms with E-state index < -0.39 is 0 Å². The van der Waals surface area contributed by atoms with E-state index in [-0.39, 0.29) is 6.04 Å². The fourth-order valence-electron chi connectivity index (χ4n) is 3.36. The maximum Gasteiger partial charge on any atom is 0.244 e. The standard InChI is InChI=1S/C18H25N5O2/c1-24-10-8-19-16-7-6-14(11-20-16)17-21-18(25-22-17)15-3-2-9-23(15)12-13-4-5-13/h6-7,11,13,15H,2-5,8-10,12H2,1H3,(H,19,20). The first-order valence-corrected chi connectivity index (χ1v) is 9.10. The zero-order chi connectivity index (χ0) is 17.1. The lowest BCUT2D eigenvalue weighted by atomic mass is 10.2. The minimum Gasteiger partial charge on any atom is -0.383 e. The van der Waals surface area contributed by atoms with E-state index in [0.29, 0.717) is 12.4 Å². The third-order valence-electron chi connectivity index (χ3n) is 4.91. The zero-order valence-electron chi connectivity index (χ0n) is 14.6. The Hall–Kier alpha value is -1.99. The van der Waals surface area contributed by atoms with Crippen LogP contribution < -0.4 is 5.32 Å². The topological polar surface area (TPSA) is 76.3 Å². The number of rotatable bonds is 8. The van der Waals surface area contributed by atoms with E-state index in [1.807, 2.05) is 12.1 Å². The fourth-order valence-corrected chi connectivity index (χ4v) is 3.36. The van der Waals surface area contributed by atoms with E-state index in [1.165, 1.54) is 25.8 Å². The van der Waals surface area contributed by atoms with Crippen LogP contribution in [0.2, 0.25) is 0 Å². The average molecular weight is 343 g/mol. The van der Waals surface area contributed by atoms with Gasteiger partial charge in [-0.05, 0) is 50.3 Å². The molecule has 2 aromatic heterocycles. The fraction of sp³-hybridized carbons (Fsp3) is 0.611. The summed E-state index contributed by atoms with van der Waals surface area (Å²) in [5, 5.41) is 7.37. The molecule has 25 heavy (non-hydrogen) atoms. The van der Waals surface area contributed by atoms with E-state index in [4.69, 9.17) is 9.26 Å².